The van der Waals surface area contributed by atoms with Crippen LogP contribution in [0.1, 0.15) is 15.9 Å². The van der Waals surface area contributed by atoms with Gasteiger partial charge in [0.1, 0.15) is 5.75 Å². The fourth-order valence-electron chi connectivity index (χ4n) is 2.19. The van der Waals surface area contributed by atoms with Crippen LogP contribution in [0.5, 0.6) is 5.75 Å². The van der Waals surface area contributed by atoms with Crippen molar-refractivity contribution in [3.8, 4) is 5.75 Å². The van der Waals surface area contributed by atoms with E-state index < -0.39 is 10.9 Å². The lowest BCUT2D eigenvalue weighted by atomic mass is 10.2. The van der Waals surface area contributed by atoms with Gasteiger partial charge < -0.3 is 4.74 Å². The molecule has 0 saturated carbocycles. The lowest BCUT2D eigenvalue weighted by Crippen LogP contribution is -2.07. The SMILES string of the molecule is Cc1ccc(OC(=O)c2ccc(N=Nc3ccc([N+](=O)[O-])cc3)cc2)cc1. The zero-order chi connectivity index (χ0) is 19.2. The molecule has 0 heterocycles. The standard InChI is InChI=1S/C20H15N3O4/c1-14-2-12-19(13-3-14)27-20(24)15-4-6-16(7-5-15)21-22-17-8-10-18(11-9-17)23(25)26/h2-13H,1H3. The number of benzene rings is 3. The van der Waals surface area contributed by atoms with Crippen molar-refractivity contribution in [1.29, 1.82) is 0 Å². The maximum Gasteiger partial charge on any atom is 0.343 e. The van der Waals surface area contributed by atoms with E-state index in [4.69, 9.17) is 4.74 Å². The predicted molar refractivity (Wildman–Crippen MR) is 99.9 cm³/mol. The second-order valence-electron chi connectivity index (χ2n) is 5.72. The molecular formula is C20H15N3O4. The van der Waals surface area contributed by atoms with E-state index in [2.05, 4.69) is 10.2 Å². The molecule has 0 aromatic heterocycles. The predicted octanol–water partition coefficient (Wildman–Crippen LogP) is 5.54. The monoisotopic (exact) mass is 361 g/mol. The van der Waals surface area contributed by atoms with Crippen LogP contribution in [-0.4, -0.2) is 10.9 Å². The van der Waals surface area contributed by atoms with Gasteiger partial charge in [-0.25, -0.2) is 4.79 Å². The highest BCUT2D eigenvalue weighted by molar-refractivity contribution is 5.91. The molecule has 0 aliphatic rings. The molecule has 0 N–H and O–H groups in total. The van der Waals surface area contributed by atoms with Crippen molar-refractivity contribution in [3.63, 3.8) is 0 Å². The number of nitro groups is 1. The first-order chi connectivity index (χ1) is 13.0. The van der Waals surface area contributed by atoms with Crippen molar-refractivity contribution in [2.75, 3.05) is 0 Å². The molecule has 0 radical (unpaired) electrons. The number of nitro benzene ring substituents is 1. The molecular weight excluding hydrogens is 346 g/mol. The van der Waals surface area contributed by atoms with E-state index in [1.807, 2.05) is 19.1 Å². The Morgan fingerprint density at radius 2 is 1.37 bits per heavy atom. The minimum atomic E-state index is -0.477. The topological polar surface area (TPSA) is 94.2 Å². The summed E-state index contributed by atoms with van der Waals surface area (Å²) in [6.07, 6.45) is 0. The summed E-state index contributed by atoms with van der Waals surface area (Å²) in [4.78, 5) is 22.3. The number of nitrogens with zero attached hydrogens (tertiary/aromatic N) is 3. The largest absolute Gasteiger partial charge is 0.423 e. The van der Waals surface area contributed by atoms with Gasteiger partial charge in [-0.15, -0.1) is 0 Å². The van der Waals surface area contributed by atoms with Crippen molar-refractivity contribution in [2.24, 2.45) is 10.2 Å². The summed E-state index contributed by atoms with van der Waals surface area (Å²) in [6, 6.07) is 19.4. The smallest absolute Gasteiger partial charge is 0.343 e. The number of hydrogen-bond acceptors (Lipinski definition) is 6. The first-order valence-corrected chi connectivity index (χ1v) is 8.06. The summed E-state index contributed by atoms with van der Waals surface area (Å²) in [5, 5.41) is 18.7. The number of ether oxygens (including phenoxy) is 1. The van der Waals surface area contributed by atoms with Crippen molar-refractivity contribution in [2.45, 2.75) is 6.92 Å². The maximum absolute atomic E-state index is 12.1. The average molecular weight is 361 g/mol. The quantitative estimate of drug-likeness (QED) is 0.196. The van der Waals surface area contributed by atoms with E-state index in [9.17, 15) is 14.9 Å². The molecule has 0 unspecified atom stereocenters. The molecule has 0 fully saturated rings. The van der Waals surface area contributed by atoms with Crippen LogP contribution in [0, 0.1) is 17.0 Å². The fraction of sp³-hybridized carbons (Fsp3) is 0.0500. The third-order valence-corrected chi connectivity index (χ3v) is 3.68. The van der Waals surface area contributed by atoms with E-state index >= 15 is 0 Å². The molecule has 0 bridgehead atoms. The number of carbonyl (C=O) groups excluding carboxylic acids is 1. The molecule has 0 aliphatic carbocycles. The van der Waals surface area contributed by atoms with E-state index in [0.29, 0.717) is 22.7 Å². The number of rotatable bonds is 5. The molecule has 7 heteroatoms. The Bertz CT molecular complexity index is 979. The molecule has 3 aromatic carbocycles. The minimum Gasteiger partial charge on any atom is -0.423 e. The third kappa shape index (κ3) is 4.82. The number of azo groups is 1. The molecule has 0 amide bonds. The minimum absolute atomic E-state index is 0.00890. The van der Waals surface area contributed by atoms with Crippen LogP contribution in [0.25, 0.3) is 0 Å². The van der Waals surface area contributed by atoms with Crippen LogP contribution in [0.15, 0.2) is 83.0 Å². The van der Waals surface area contributed by atoms with Gasteiger partial charge in [0.15, 0.2) is 0 Å². The second kappa shape index (κ2) is 8.01. The second-order valence-corrected chi connectivity index (χ2v) is 5.72. The maximum atomic E-state index is 12.1. The van der Waals surface area contributed by atoms with Crippen LogP contribution in [0.4, 0.5) is 17.1 Å². The molecule has 3 aromatic rings. The Morgan fingerprint density at radius 1 is 0.852 bits per heavy atom. The van der Waals surface area contributed by atoms with Gasteiger partial charge >= 0.3 is 5.97 Å². The van der Waals surface area contributed by atoms with Gasteiger partial charge in [-0.05, 0) is 55.5 Å². The third-order valence-electron chi connectivity index (χ3n) is 3.68. The summed E-state index contributed by atoms with van der Waals surface area (Å²) >= 11 is 0. The van der Waals surface area contributed by atoms with Crippen molar-refractivity contribution in [1.82, 2.24) is 0 Å². The van der Waals surface area contributed by atoms with Gasteiger partial charge in [-0.3, -0.25) is 10.1 Å². The van der Waals surface area contributed by atoms with Crippen molar-refractivity contribution >= 4 is 23.0 Å². The molecule has 27 heavy (non-hydrogen) atoms. The number of hydrogen-bond donors (Lipinski definition) is 0. The molecule has 0 aliphatic heterocycles. The zero-order valence-electron chi connectivity index (χ0n) is 14.4. The molecule has 7 nitrogen and oxygen atoms in total. The van der Waals surface area contributed by atoms with E-state index in [1.165, 1.54) is 24.3 Å². The highest BCUT2D eigenvalue weighted by Gasteiger charge is 2.08. The Kier molecular flexibility index (Phi) is 5.32. The van der Waals surface area contributed by atoms with Gasteiger partial charge in [-0.1, -0.05) is 17.7 Å². The number of carbonyl (C=O) groups is 1. The highest BCUT2D eigenvalue weighted by atomic mass is 16.6. The fourth-order valence-corrected chi connectivity index (χ4v) is 2.19. The average Bonchev–Trinajstić information content (AvgIpc) is 2.69. The number of non-ortho nitro benzene ring substituents is 1. The first kappa shape index (κ1) is 17.9. The van der Waals surface area contributed by atoms with Gasteiger partial charge in [0, 0.05) is 12.1 Å². The lowest BCUT2D eigenvalue weighted by molar-refractivity contribution is -0.384. The van der Waals surface area contributed by atoms with Crippen LogP contribution in [-0.2, 0) is 0 Å². The summed E-state index contributed by atoms with van der Waals surface area (Å²) in [5.41, 5.74) is 2.50. The summed E-state index contributed by atoms with van der Waals surface area (Å²) < 4.78 is 5.31. The Labute approximate surface area is 155 Å². The first-order valence-electron chi connectivity index (χ1n) is 8.06. The van der Waals surface area contributed by atoms with Gasteiger partial charge in [0.25, 0.3) is 5.69 Å². The van der Waals surface area contributed by atoms with E-state index in [1.54, 1.807) is 36.4 Å². The van der Waals surface area contributed by atoms with E-state index in [0.717, 1.165) is 5.56 Å². The Morgan fingerprint density at radius 3 is 1.89 bits per heavy atom. The summed E-state index contributed by atoms with van der Waals surface area (Å²) in [6.45, 7) is 1.95. The molecule has 0 atom stereocenters. The highest BCUT2D eigenvalue weighted by Crippen LogP contribution is 2.22. The Hall–Kier alpha value is -3.87. The number of aryl methyl sites for hydroxylation is 1. The van der Waals surface area contributed by atoms with Crippen LogP contribution in [0.3, 0.4) is 0 Å². The summed E-state index contributed by atoms with van der Waals surface area (Å²) in [5.74, 6) is 0.0187. The van der Waals surface area contributed by atoms with E-state index in [-0.39, 0.29) is 5.69 Å². The summed E-state index contributed by atoms with van der Waals surface area (Å²) in [7, 11) is 0. The van der Waals surface area contributed by atoms with Crippen LogP contribution < -0.4 is 4.74 Å². The molecule has 0 spiro atoms. The van der Waals surface area contributed by atoms with Gasteiger partial charge in [0.05, 0.1) is 21.9 Å². The van der Waals surface area contributed by atoms with Crippen molar-refractivity contribution < 1.29 is 14.5 Å². The van der Waals surface area contributed by atoms with Crippen LogP contribution in [0.2, 0.25) is 0 Å². The zero-order valence-corrected chi connectivity index (χ0v) is 14.4. The normalized spacial score (nSPS) is 10.7. The number of esters is 1. The van der Waals surface area contributed by atoms with Gasteiger partial charge in [-0.2, -0.15) is 10.2 Å². The van der Waals surface area contributed by atoms with Crippen molar-refractivity contribution in [3.05, 3.63) is 94.0 Å². The Balaban J connectivity index is 1.64. The molecule has 0 saturated heterocycles. The van der Waals surface area contributed by atoms with Crippen LogP contribution >= 0.6 is 0 Å². The van der Waals surface area contributed by atoms with Gasteiger partial charge in [0.2, 0.25) is 0 Å². The molecule has 3 rings (SSSR count). The molecule has 134 valence electrons. The lowest BCUT2D eigenvalue weighted by Gasteiger charge is -2.04.